The lowest BCUT2D eigenvalue weighted by Gasteiger charge is -2.24. The number of guanidine groups is 1. The molecule has 0 unspecified atom stereocenters. The standard InChI is InChI=1S/C14H27N5O/c1-14(2,20-5)11-17-13(15-3)16-8-6-7-12-9-18-19(4)10-12/h9-10H,6-8,11H2,1-5H3,(H2,15,16,17). The summed E-state index contributed by atoms with van der Waals surface area (Å²) < 4.78 is 7.19. The van der Waals surface area contributed by atoms with E-state index in [0.717, 1.165) is 25.3 Å². The summed E-state index contributed by atoms with van der Waals surface area (Å²) in [6, 6.07) is 0. The first-order valence-electron chi connectivity index (χ1n) is 6.94. The maximum absolute atomic E-state index is 5.36. The lowest BCUT2D eigenvalue weighted by molar-refractivity contribution is 0.0268. The van der Waals surface area contributed by atoms with Crippen LogP contribution in [0.4, 0.5) is 0 Å². The Morgan fingerprint density at radius 1 is 1.45 bits per heavy atom. The number of ether oxygens (including phenoxy) is 1. The van der Waals surface area contributed by atoms with Crippen LogP contribution in [0.25, 0.3) is 0 Å². The van der Waals surface area contributed by atoms with Crippen molar-refractivity contribution in [2.75, 3.05) is 27.2 Å². The molecule has 1 aromatic rings. The van der Waals surface area contributed by atoms with Gasteiger partial charge < -0.3 is 15.4 Å². The maximum Gasteiger partial charge on any atom is 0.191 e. The third kappa shape index (κ3) is 6.06. The van der Waals surface area contributed by atoms with E-state index in [0.29, 0.717) is 6.54 Å². The Kier molecular flexibility index (Phi) is 6.51. The summed E-state index contributed by atoms with van der Waals surface area (Å²) in [5.41, 5.74) is 1.06. The van der Waals surface area contributed by atoms with E-state index in [1.165, 1.54) is 5.56 Å². The zero-order valence-electron chi connectivity index (χ0n) is 13.2. The highest BCUT2D eigenvalue weighted by atomic mass is 16.5. The molecule has 6 nitrogen and oxygen atoms in total. The van der Waals surface area contributed by atoms with Gasteiger partial charge in [0.25, 0.3) is 0 Å². The van der Waals surface area contributed by atoms with Crippen LogP contribution in [0.2, 0.25) is 0 Å². The van der Waals surface area contributed by atoms with Crippen molar-refractivity contribution in [3.8, 4) is 0 Å². The van der Waals surface area contributed by atoms with Crippen molar-refractivity contribution in [2.45, 2.75) is 32.3 Å². The second-order valence-electron chi connectivity index (χ2n) is 5.44. The lowest BCUT2D eigenvalue weighted by Crippen LogP contribution is -2.45. The molecule has 20 heavy (non-hydrogen) atoms. The fourth-order valence-corrected chi connectivity index (χ4v) is 1.69. The van der Waals surface area contributed by atoms with Crippen molar-refractivity contribution in [3.63, 3.8) is 0 Å². The number of rotatable bonds is 7. The van der Waals surface area contributed by atoms with E-state index >= 15 is 0 Å². The molecule has 0 saturated carbocycles. The highest BCUT2D eigenvalue weighted by molar-refractivity contribution is 5.79. The Hall–Kier alpha value is -1.56. The Morgan fingerprint density at radius 2 is 2.20 bits per heavy atom. The SMILES string of the molecule is CN=C(NCCCc1cnn(C)c1)NCC(C)(C)OC. The first-order chi connectivity index (χ1) is 9.46. The van der Waals surface area contributed by atoms with E-state index in [1.54, 1.807) is 14.2 Å². The van der Waals surface area contributed by atoms with E-state index in [4.69, 9.17) is 4.74 Å². The van der Waals surface area contributed by atoms with Crippen LogP contribution in [0.5, 0.6) is 0 Å². The molecular weight excluding hydrogens is 254 g/mol. The minimum Gasteiger partial charge on any atom is -0.377 e. The molecule has 0 aliphatic rings. The second kappa shape index (κ2) is 7.89. The molecule has 1 heterocycles. The van der Waals surface area contributed by atoms with Crippen LogP contribution in [-0.2, 0) is 18.2 Å². The summed E-state index contributed by atoms with van der Waals surface area (Å²) in [7, 11) is 5.42. The molecular formula is C14H27N5O. The number of methoxy groups -OCH3 is 1. The van der Waals surface area contributed by atoms with Crippen molar-refractivity contribution in [1.29, 1.82) is 0 Å². The molecule has 114 valence electrons. The molecule has 0 saturated heterocycles. The van der Waals surface area contributed by atoms with Gasteiger partial charge in [-0.3, -0.25) is 9.67 Å². The summed E-state index contributed by atoms with van der Waals surface area (Å²) in [6.45, 7) is 5.67. The lowest BCUT2D eigenvalue weighted by atomic mass is 10.1. The molecule has 0 bridgehead atoms. The average molecular weight is 281 g/mol. The summed E-state index contributed by atoms with van der Waals surface area (Å²) in [5.74, 6) is 0.807. The van der Waals surface area contributed by atoms with Crippen molar-refractivity contribution >= 4 is 5.96 Å². The van der Waals surface area contributed by atoms with Gasteiger partial charge in [0.2, 0.25) is 0 Å². The molecule has 0 spiro atoms. The number of aryl methyl sites for hydroxylation is 2. The molecule has 0 aliphatic carbocycles. The van der Waals surface area contributed by atoms with Gasteiger partial charge in [0.15, 0.2) is 5.96 Å². The Bertz CT molecular complexity index is 425. The fourth-order valence-electron chi connectivity index (χ4n) is 1.69. The predicted octanol–water partition coefficient (Wildman–Crippen LogP) is 0.943. The number of nitrogens with one attached hydrogen (secondary N) is 2. The smallest absolute Gasteiger partial charge is 0.191 e. The van der Waals surface area contributed by atoms with Crippen LogP contribution in [-0.4, -0.2) is 48.6 Å². The average Bonchev–Trinajstić information content (AvgIpc) is 2.83. The summed E-state index contributed by atoms with van der Waals surface area (Å²) >= 11 is 0. The van der Waals surface area contributed by atoms with Crippen LogP contribution in [0.1, 0.15) is 25.8 Å². The molecule has 0 amide bonds. The first kappa shape index (κ1) is 16.5. The van der Waals surface area contributed by atoms with Gasteiger partial charge in [0.05, 0.1) is 11.8 Å². The molecule has 2 N–H and O–H groups in total. The minimum atomic E-state index is -0.201. The summed E-state index contributed by atoms with van der Waals surface area (Å²) in [5, 5.41) is 10.7. The van der Waals surface area contributed by atoms with E-state index in [2.05, 4.69) is 20.7 Å². The van der Waals surface area contributed by atoms with E-state index in [9.17, 15) is 0 Å². The van der Waals surface area contributed by atoms with Crippen LogP contribution in [0.15, 0.2) is 17.4 Å². The zero-order valence-corrected chi connectivity index (χ0v) is 13.2. The Morgan fingerprint density at radius 3 is 2.75 bits per heavy atom. The van der Waals surface area contributed by atoms with E-state index in [1.807, 2.05) is 38.0 Å². The van der Waals surface area contributed by atoms with Crippen LogP contribution in [0, 0.1) is 0 Å². The second-order valence-corrected chi connectivity index (χ2v) is 5.44. The van der Waals surface area contributed by atoms with Crippen LogP contribution >= 0.6 is 0 Å². The fraction of sp³-hybridized carbons (Fsp3) is 0.714. The highest BCUT2D eigenvalue weighted by Gasteiger charge is 2.16. The minimum absolute atomic E-state index is 0.201. The Labute approximate surface area is 121 Å². The monoisotopic (exact) mass is 281 g/mol. The van der Waals surface area contributed by atoms with Crippen LogP contribution in [0.3, 0.4) is 0 Å². The first-order valence-corrected chi connectivity index (χ1v) is 6.94. The van der Waals surface area contributed by atoms with Gasteiger partial charge in [-0.25, -0.2) is 0 Å². The van der Waals surface area contributed by atoms with Gasteiger partial charge in [-0.2, -0.15) is 5.10 Å². The predicted molar refractivity (Wildman–Crippen MR) is 82.0 cm³/mol. The van der Waals surface area contributed by atoms with Gasteiger partial charge in [-0.15, -0.1) is 0 Å². The number of nitrogens with zero attached hydrogens (tertiary/aromatic N) is 3. The summed E-state index contributed by atoms with van der Waals surface area (Å²) in [4.78, 5) is 4.20. The third-order valence-electron chi connectivity index (χ3n) is 3.15. The molecule has 0 radical (unpaired) electrons. The molecule has 0 aliphatic heterocycles. The molecule has 1 aromatic heterocycles. The number of aromatic nitrogens is 2. The quantitative estimate of drug-likeness (QED) is 0.444. The number of hydrogen-bond donors (Lipinski definition) is 2. The van der Waals surface area contributed by atoms with Gasteiger partial charge in [-0.1, -0.05) is 0 Å². The van der Waals surface area contributed by atoms with Crippen molar-refractivity contribution in [1.82, 2.24) is 20.4 Å². The van der Waals surface area contributed by atoms with Crippen molar-refractivity contribution < 1.29 is 4.74 Å². The van der Waals surface area contributed by atoms with Crippen molar-refractivity contribution in [3.05, 3.63) is 18.0 Å². The van der Waals surface area contributed by atoms with E-state index in [-0.39, 0.29) is 5.60 Å². The molecule has 1 rings (SSSR count). The largest absolute Gasteiger partial charge is 0.377 e. The molecule has 0 fully saturated rings. The topological polar surface area (TPSA) is 63.5 Å². The normalized spacial score (nSPS) is 12.6. The van der Waals surface area contributed by atoms with E-state index < -0.39 is 0 Å². The maximum atomic E-state index is 5.36. The van der Waals surface area contributed by atoms with Crippen LogP contribution < -0.4 is 10.6 Å². The highest BCUT2D eigenvalue weighted by Crippen LogP contribution is 2.04. The number of hydrogen-bond acceptors (Lipinski definition) is 3. The molecule has 0 aromatic carbocycles. The van der Waals surface area contributed by atoms with Crippen molar-refractivity contribution in [2.24, 2.45) is 12.0 Å². The van der Waals surface area contributed by atoms with Gasteiger partial charge in [0.1, 0.15) is 0 Å². The summed E-state index contributed by atoms with van der Waals surface area (Å²) in [6.07, 6.45) is 6.02. The van der Waals surface area contributed by atoms with Gasteiger partial charge in [0, 0.05) is 40.5 Å². The Balaban J connectivity index is 2.22. The molecule has 0 atom stereocenters. The third-order valence-corrected chi connectivity index (χ3v) is 3.15. The zero-order chi connectivity index (χ0) is 15.0. The molecule has 6 heteroatoms. The number of aliphatic imine (C=N–C) groups is 1. The van der Waals surface area contributed by atoms with Gasteiger partial charge >= 0.3 is 0 Å². The van der Waals surface area contributed by atoms with Gasteiger partial charge in [-0.05, 0) is 32.3 Å².